The minimum absolute atomic E-state index is 0.127. The van der Waals surface area contributed by atoms with Crippen LogP contribution >= 0.6 is 0 Å². The van der Waals surface area contributed by atoms with Gasteiger partial charge in [-0.3, -0.25) is 9.69 Å². The SMILES string of the molecule is COc1ccccc1CN1C(=O)C(C)ON=C1c1ccc2c(c1)CCO2. The summed E-state index contributed by atoms with van der Waals surface area (Å²) in [6.45, 7) is 2.75. The van der Waals surface area contributed by atoms with Gasteiger partial charge in [-0.25, -0.2) is 0 Å². The second-order valence-corrected chi connectivity index (χ2v) is 6.32. The highest BCUT2D eigenvalue weighted by molar-refractivity contribution is 6.09. The summed E-state index contributed by atoms with van der Waals surface area (Å²) in [6, 6.07) is 13.5. The van der Waals surface area contributed by atoms with Crippen LogP contribution in [0, 0.1) is 0 Å². The third-order valence-electron chi connectivity index (χ3n) is 4.64. The van der Waals surface area contributed by atoms with E-state index >= 15 is 0 Å². The predicted octanol–water partition coefficient (Wildman–Crippen LogP) is 2.74. The third kappa shape index (κ3) is 2.87. The largest absolute Gasteiger partial charge is 0.496 e. The van der Waals surface area contributed by atoms with Gasteiger partial charge in [-0.15, -0.1) is 0 Å². The molecule has 6 heteroatoms. The first-order valence-electron chi connectivity index (χ1n) is 8.60. The molecule has 1 atom stereocenters. The summed E-state index contributed by atoms with van der Waals surface area (Å²) in [6.07, 6.45) is 0.236. The molecule has 2 heterocycles. The third-order valence-corrected chi connectivity index (χ3v) is 4.64. The number of para-hydroxylation sites is 1. The number of oxime groups is 1. The minimum Gasteiger partial charge on any atom is -0.496 e. The van der Waals surface area contributed by atoms with Gasteiger partial charge in [0.05, 0.1) is 20.3 Å². The average molecular weight is 352 g/mol. The number of carbonyl (C=O) groups excluding carboxylic acids is 1. The van der Waals surface area contributed by atoms with Crippen molar-refractivity contribution in [3.8, 4) is 11.5 Å². The summed E-state index contributed by atoms with van der Waals surface area (Å²) < 4.78 is 11.0. The zero-order valence-electron chi connectivity index (χ0n) is 14.8. The lowest BCUT2D eigenvalue weighted by Crippen LogP contribution is -2.46. The Labute approximate surface area is 152 Å². The molecule has 134 valence electrons. The van der Waals surface area contributed by atoms with E-state index in [1.54, 1.807) is 18.9 Å². The lowest BCUT2D eigenvalue weighted by atomic mass is 10.1. The number of hydrogen-bond acceptors (Lipinski definition) is 5. The van der Waals surface area contributed by atoms with E-state index in [-0.39, 0.29) is 5.91 Å². The van der Waals surface area contributed by atoms with Crippen molar-refractivity contribution in [2.75, 3.05) is 13.7 Å². The standard InChI is InChI=1S/C20H20N2O4/c1-13-20(23)22(12-16-5-3-4-6-17(16)24-2)19(21-26-13)15-7-8-18-14(11-15)9-10-25-18/h3-8,11,13H,9-10,12H2,1-2H3. The summed E-state index contributed by atoms with van der Waals surface area (Å²) in [4.78, 5) is 19.8. The zero-order valence-corrected chi connectivity index (χ0v) is 14.8. The van der Waals surface area contributed by atoms with Crippen molar-refractivity contribution in [3.63, 3.8) is 0 Å². The number of amidine groups is 1. The van der Waals surface area contributed by atoms with Gasteiger partial charge in [0.25, 0.3) is 5.91 Å². The molecule has 0 saturated heterocycles. The van der Waals surface area contributed by atoms with Crippen molar-refractivity contribution in [1.29, 1.82) is 0 Å². The van der Waals surface area contributed by atoms with Gasteiger partial charge in [0.1, 0.15) is 11.5 Å². The summed E-state index contributed by atoms with van der Waals surface area (Å²) in [5.74, 6) is 2.01. The van der Waals surface area contributed by atoms with Gasteiger partial charge in [-0.05, 0) is 36.8 Å². The molecule has 0 N–H and O–H groups in total. The van der Waals surface area contributed by atoms with E-state index in [0.29, 0.717) is 19.0 Å². The Morgan fingerprint density at radius 2 is 2.12 bits per heavy atom. The number of hydrogen-bond donors (Lipinski definition) is 0. The van der Waals surface area contributed by atoms with Crippen molar-refractivity contribution in [1.82, 2.24) is 4.90 Å². The Hall–Kier alpha value is -3.02. The van der Waals surface area contributed by atoms with E-state index in [1.165, 1.54) is 0 Å². The fourth-order valence-electron chi connectivity index (χ4n) is 3.24. The van der Waals surface area contributed by atoms with Gasteiger partial charge in [0.15, 0.2) is 5.84 Å². The molecule has 2 aromatic carbocycles. The van der Waals surface area contributed by atoms with Crippen molar-refractivity contribution in [3.05, 3.63) is 59.2 Å². The molecule has 0 saturated carbocycles. The van der Waals surface area contributed by atoms with Crippen molar-refractivity contribution in [2.45, 2.75) is 26.0 Å². The van der Waals surface area contributed by atoms with Gasteiger partial charge >= 0.3 is 0 Å². The molecule has 1 unspecified atom stereocenters. The molecule has 4 rings (SSSR count). The molecule has 0 bridgehead atoms. The Morgan fingerprint density at radius 3 is 2.96 bits per heavy atom. The first-order valence-corrected chi connectivity index (χ1v) is 8.60. The number of rotatable bonds is 4. The van der Waals surface area contributed by atoms with E-state index in [4.69, 9.17) is 14.3 Å². The van der Waals surface area contributed by atoms with Crippen molar-refractivity contribution >= 4 is 11.7 Å². The van der Waals surface area contributed by atoms with Gasteiger partial charge < -0.3 is 14.3 Å². The van der Waals surface area contributed by atoms with Gasteiger partial charge in [0, 0.05) is 17.5 Å². The highest BCUT2D eigenvalue weighted by Crippen LogP contribution is 2.28. The molecule has 2 aromatic rings. The normalized spacial score (nSPS) is 18.7. The number of ether oxygens (including phenoxy) is 2. The maximum atomic E-state index is 12.8. The number of nitrogens with zero attached hydrogens (tertiary/aromatic N) is 2. The molecular formula is C20H20N2O4. The maximum absolute atomic E-state index is 12.8. The second kappa shape index (κ2) is 6.71. The fraction of sp³-hybridized carbons (Fsp3) is 0.300. The molecule has 0 spiro atoms. The number of benzene rings is 2. The topological polar surface area (TPSA) is 60.4 Å². The monoisotopic (exact) mass is 352 g/mol. The smallest absolute Gasteiger partial charge is 0.272 e. The number of fused-ring (bicyclic) bond motifs is 1. The molecule has 0 aliphatic carbocycles. The molecule has 0 radical (unpaired) electrons. The number of carbonyl (C=O) groups is 1. The molecule has 6 nitrogen and oxygen atoms in total. The summed E-state index contributed by atoms with van der Waals surface area (Å²) in [5, 5.41) is 4.23. The molecule has 0 fully saturated rings. The highest BCUT2D eigenvalue weighted by atomic mass is 16.6. The van der Waals surface area contributed by atoms with E-state index in [9.17, 15) is 4.79 Å². The maximum Gasteiger partial charge on any atom is 0.272 e. The first-order chi connectivity index (χ1) is 12.7. The fourth-order valence-corrected chi connectivity index (χ4v) is 3.24. The molecule has 2 aliphatic heterocycles. The number of amides is 1. The van der Waals surface area contributed by atoms with E-state index in [2.05, 4.69) is 5.16 Å². The molecule has 26 heavy (non-hydrogen) atoms. The quantitative estimate of drug-likeness (QED) is 0.849. The van der Waals surface area contributed by atoms with Crippen LogP contribution in [0.1, 0.15) is 23.6 Å². The van der Waals surface area contributed by atoms with Crippen LogP contribution in [0.3, 0.4) is 0 Å². The highest BCUT2D eigenvalue weighted by Gasteiger charge is 2.33. The molecular weight excluding hydrogens is 332 g/mol. The summed E-state index contributed by atoms with van der Waals surface area (Å²) in [5.41, 5.74) is 2.87. The Bertz CT molecular complexity index is 878. The van der Waals surface area contributed by atoms with Crippen LogP contribution in [-0.2, 0) is 22.6 Å². The number of methoxy groups -OCH3 is 1. The van der Waals surface area contributed by atoms with Crippen LogP contribution in [0.2, 0.25) is 0 Å². The summed E-state index contributed by atoms with van der Waals surface area (Å²) >= 11 is 0. The Kier molecular flexibility index (Phi) is 4.24. The molecule has 0 aromatic heterocycles. The van der Waals surface area contributed by atoms with Gasteiger partial charge in [-0.1, -0.05) is 23.4 Å². The van der Waals surface area contributed by atoms with E-state index in [1.807, 2.05) is 42.5 Å². The van der Waals surface area contributed by atoms with E-state index in [0.717, 1.165) is 34.6 Å². The van der Waals surface area contributed by atoms with Crippen molar-refractivity contribution in [2.24, 2.45) is 5.16 Å². The van der Waals surface area contributed by atoms with Crippen LogP contribution in [0.15, 0.2) is 47.6 Å². The first kappa shape index (κ1) is 16.4. The van der Waals surface area contributed by atoms with Gasteiger partial charge in [0.2, 0.25) is 6.10 Å². The minimum atomic E-state index is -0.619. The van der Waals surface area contributed by atoms with Crippen molar-refractivity contribution < 1.29 is 19.1 Å². The van der Waals surface area contributed by atoms with Gasteiger partial charge in [-0.2, -0.15) is 0 Å². The van der Waals surface area contributed by atoms with Crippen LogP contribution < -0.4 is 9.47 Å². The van der Waals surface area contributed by atoms with Crippen LogP contribution in [0.4, 0.5) is 0 Å². The lowest BCUT2D eigenvalue weighted by Gasteiger charge is -2.30. The summed E-state index contributed by atoms with van der Waals surface area (Å²) in [7, 11) is 1.62. The Balaban J connectivity index is 1.71. The Morgan fingerprint density at radius 1 is 1.27 bits per heavy atom. The van der Waals surface area contributed by atoms with E-state index < -0.39 is 6.10 Å². The second-order valence-electron chi connectivity index (χ2n) is 6.32. The lowest BCUT2D eigenvalue weighted by molar-refractivity contribution is -0.142. The van der Waals surface area contributed by atoms with Crippen LogP contribution in [0.5, 0.6) is 11.5 Å². The zero-order chi connectivity index (χ0) is 18.1. The van der Waals surface area contributed by atoms with Crippen LogP contribution in [-0.4, -0.2) is 36.5 Å². The average Bonchev–Trinajstić information content (AvgIpc) is 3.14. The molecule has 2 aliphatic rings. The predicted molar refractivity (Wildman–Crippen MR) is 96.3 cm³/mol. The molecule has 1 amide bonds. The van der Waals surface area contributed by atoms with Crippen LogP contribution in [0.25, 0.3) is 0 Å².